The van der Waals surface area contributed by atoms with E-state index in [0.29, 0.717) is 6.42 Å². The first-order valence-corrected chi connectivity index (χ1v) is 4.28. The lowest BCUT2D eigenvalue weighted by Gasteiger charge is -2.24. The van der Waals surface area contributed by atoms with Crippen LogP contribution >= 0.6 is 0 Å². The van der Waals surface area contributed by atoms with E-state index in [1.54, 1.807) is 11.9 Å². The summed E-state index contributed by atoms with van der Waals surface area (Å²) in [6.45, 7) is 6.48. The van der Waals surface area contributed by atoms with Crippen molar-refractivity contribution in [2.24, 2.45) is 5.41 Å². The van der Waals surface area contributed by atoms with Gasteiger partial charge < -0.3 is 10.0 Å². The summed E-state index contributed by atoms with van der Waals surface area (Å²) in [5.74, 6) is 0.0940. The number of carbonyl (C=O) groups is 1. The van der Waals surface area contributed by atoms with Gasteiger partial charge in [-0.15, -0.1) is 0 Å². The number of nitrogens with zero attached hydrogens (tertiary/aromatic N) is 1. The summed E-state index contributed by atoms with van der Waals surface area (Å²) in [6.07, 6.45) is 0.411. The molecule has 0 aliphatic rings. The van der Waals surface area contributed by atoms with Gasteiger partial charge in [-0.3, -0.25) is 4.79 Å². The highest BCUT2D eigenvalue weighted by atomic mass is 16.3. The van der Waals surface area contributed by atoms with Gasteiger partial charge in [0.05, 0.1) is 0 Å². The summed E-state index contributed by atoms with van der Waals surface area (Å²) in [5.41, 5.74) is -0.291. The van der Waals surface area contributed by atoms with Crippen LogP contribution in [0.2, 0.25) is 0 Å². The number of amides is 1. The highest BCUT2D eigenvalue weighted by molar-refractivity contribution is 5.76. The van der Waals surface area contributed by atoms with Gasteiger partial charge in [-0.05, 0) is 12.3 Å². The second-order valence-corrected chi connectivity index (χ2v) is 3.91. The Bertz CT molecular complexity index is 155. The SMILES string of the molecule is CCN(C)C(=O)CC(C)(C)CO. The van der Waals surface area contributed by atoms with Crippen LogP contribution in [0.3, 0.4) is 0 Å². The van der Waals surface area contributed by atoms with Gasteiger partial charge in [0.1, 0.15) is 0 Å². The topological polar surface area (TPSA) is 40.5 Å². The van der Waals surface area contributed by atoms with Gasteiger partial charge in [0.15, 0.2) is 0 Å². The molecule has 0 atom stereocenters. The Morgan fingerprint density at radius 1 is 1.50 bits per heavy atom. The van der Waals surface area contributed by atoms with E-state index in [9.17, 15) is 4.79 Å². The van der Waals surface area contributed by atoms with E-state index in [-0.39, 0.29) is 17.9 Å². The van der Waals surface area contributed by atoms with Crippen molar-refractivity contribution in [2.75, 3.05) is 20.2 Å². The molecule has 1 amide bonds. The van der Waals surface area contributed by atoms with E-state index in [1.807, 2.05) is 20.8 Å². The van der Waals surface area contributed by atoms with Crippen LogP contribution in [-0.2, 0) is 4.79 Å². The lowest BCUT2D eigenvalue weighted by molar-refractivity contribution is -0.132. The predicted molar refractivity (Wildman–Crippen MR) is 48.8 cm³/mol. The quantitative estimate of drug-likeness (QED) is 0.685. The fourth-order valence-corrected chi connectivity index (χ4v) is 0.777. The molecule has 0 unspecified atom stereocenters. The highest BCUT2D eigenvalue weighted by Gasteiger charge is 2.22. The molecule has 0 radical (unpaired) electrons. The van der Waals surface area contributed by atoms with E-state index >= 15 is 0 Å². The van der Waals surface area contributed by atoms with Gasteiger partial charge in [0, 0.05) is 26.6 Å². The minimum Gasteiger partial charge on any atom is -0.396 e. The summed E-state index contributed by atoms with van der Waals surface area (Å²) in [7, 11) is 1.77. The zero-order valence-electron chi connectivity index (χ0n) is 8.42. The lowest BCUT2D eigenvalue weighted by atomic mass is 9.90. The van der Waals surface area contributed by atoms with Crippen LogP contribution < -0.4 is 0 Å². The van der Waals surface area contributed by atoms with Gasteiger partial charge in [0.25, 0.3) is 0 Å². The monoisotopic (exact) mass is 173 g/mol. The third kappa shape index (κ3) is 3.72. The van der Waals surface area contributed by atoms with E-state index in [0.717, 1.165) is 6.54 Å². The highest BCUT2D eigenvalue weighted by Crippen LogP contribution is 2.19. The number of hydrogen-bond donors (Lipinski definition) is 1. The molecule has 0 saturated heterocycles. The van der Waals surface area contributed by atoms with Crippen molar-refractivity contribution in [1.82, 2.24) is 4.90 Å². The second kappa shape index (κ2) is 4.45. The smallest absolute Gasteiger partial charge is 0.222 e. The van der Waals surface area contributed by atoms with Crippen LogP contribution in [0.5, 0.6) is 0 Å². The Kier molecular flexibility index (Phi) is 4.24. The Hall–Kier alpha value is -0.570. The van der Waals surface area contributed by atoms with Crippen LogP contribution in [-0.4, -0.2) is 36.1 Å². The average molecular weight is 173 g/mol. The van der Waals surface area contributed by atoms with Gasteiger partial charge in [-0.25, -0.2) is 0 Å². The van der Waals surface area contributed by atoms with Gasteiger partial charge in [-0.2, -0.15) is 0 Å². The van der Waals surface area contributed by atoms with Crippen LogP contribution in [0, 0.1) is 5.41 Å². The molecule has 0 spiro atoms. The molecule has 0 bridgehead atoms. The lowest BCUT2D eigenvalue weighted by Crippen LogP contribution is -2.32. The molecule has 3 heteroatoms. The van der Waals surface area contributed by atoms with Gasteiger partial charge >= 0.3 is 0 Å². The van der Waals surface area contributed by atoms with Crippen molar-refractivity contribution in [1.29, 1.82) is 0 Å². The maximum absolute atomic E-state index is 11.4. The van der Waals surface area contributed by atoms with Crippen molar-refractivity contribution in [3.8, 4) is 0 Å². The molecule has 0 aromatic heterocycles. The third-order valence-corrected chi connectivity index (χ3v) is 1.96. The fourth-order valence-electron chi connectivity index (χ4n) is 0.777. The number of aliphatic hydroxyl groups excluding tert-OH is 1. The molecule has 0 saturated carbocycles. The molecule has 0 aromatic carbocycles. The standard InChI is InChI=1S/C9H19NO2/c1-5-10(4)8(12)6-9(2,3)7-11/h11H,5-7H2,1-4H3. The summed E-state index contributed by atoms with van der Waals surface area (Å²) in [5, 5.41) is 8.93. The molecular weight excluding hydrogens is 154 g/mol. The Morgan fingerprint density at radius 3 is 2.33 bits per heavy atom. The molecule has 12 heavy (non-hydrogen) atoms. The predicted octanol–water partition coefficient (Wildman–Crippen LogP) is 0.873. The third-order valence-electron chi connectivity index (χ3n) is 1.96. The normalized spacial score (nSPS) is 11.4. The summed E-state index contributed by atoms with van der Waals surface area (Å²) in [4.78, 5) is 13.0. The van der Waals surface area contributed by atoms with Crippen LogP contribution in [0.4, 0.5) is 0 Å². The number of aliphatic hydroxyl groups is 1. The van der Waals surface area contributed by atoms with Crippen LogP contribution in [0.1, 0.15) is 27.2 Å². The Morgan fingerprint density at radius 2 is 2.00 bits per heavy atom. The van der Waals surface area contributed by atoms with Gasteiger partial charge in [0.2, 0.25) is 5.91 Å². The maximum atomic E-state index is 11.4. The first kappa shape index (κ1) is 11.4. The first-order chi connectivity index (χ1) is 5.43. The van der Waals surface area contributed by atoms with Crippen LogP contribution in [0.15, 0.2) is 0 Å². The Balaban J connectivity index is 4.00. The maximum Gasteiger partial charge on any atom is 0.222 e. The largest absolute Gasteiger partial charge is 0.396 e. The molecule has 0 aromatic rings. The molecule has 72 valence electrons. The van der Waals surface area contributed by atoms with Crippen molar-refractivity contribution in [3.63, 3.8) is 0 Å². The van der Waals surface area contributed by atoms with Crippen LogP contribution in [0.25, 0.3) is 0 Å². The van der Waals surface area contributed by atoms with Gasteiger partial charge in [-0.1, -0.05) is 13.8 Å². The first-order valence-electron chi connectivity index (χ1n) is 4.28. The molecule has 0 heterocycles. The van der Waals surface area contributed by atoms with E-state index in [2.05, 4.69) is 0 Å². The molecule has 0 aliphatic heterocycles. The van der Waals surface area contributed by atoms with E-state index in [4.69, 9.17) is 5.11 Å². The van der Waals surface area contributed by atoms with Crippen molar-refractivity contribution >= 4 is 5.91 Å². The molecule has 0 aliphatic carbocycles. The zero-order chi connectivity index (χ0) is 9.78. The zero-order valence-corrected chi connectivity index (χ0v) is 8.42. The fraction of sp³-hybridized carbons (Fsp3) is 0.889. The summed E-state index contributed by atoms with van der Waals surface area (Å²) >= 11 is 0. The molecule has 0 rings (SSSR count). The summed E-state index contributed by atoms with van der Waals surface area (Å²) in [6, 6.07) is 0. The second-order valence-electron chi connectivity index (χ2n) is 3.91. The van der Waals surface area contributed by atoms with E-state index < -0.39 is 0 Å². The number of carbonyl (C=O) groups excluding carboxylic acids is 1. The van der Waals surface area contributed by atoms with Crippen molar-refractivity contribution in [3.05, 3.63) is 0 Å². The molecule has 3 nitrogen and oxygen atoms in total. The molecule has 1 N–H and O–H groups in total. The minimum absolute atomic E-state index is 0.0519. The van der Waals surface area contributed by atoms with Crippen molar-refractivity contribution in [2.45, 2.75) is 27.2 Å². The number of hydrogen-bond acceptors (Lipinski definition) is 2. The minimum atomic E-state index is -0.291. The summed E-state index contributed by atoms with van der Waals surface area (Å²) < 4.78 is 0. The molecular formula is C9H19NO2. The Labute approximate surface area is 74.4 Å². The van der Waals surface area contributed by atoms with Crippen molar-refractivity contribution < 1.29 is 9.90 Å². The average Bonchev–Trinajstić information content (AvgIpc) is 2.02. The van der Waals surface area contributed by atoms with E-state index in [1.165, 1.54) is 0 Å². The molecule has 0 fully saturated rings. The number of rotatable bonds is 4.